The van der Waals surface area contributed by atoms with E-state index >= 15 is 0 Å². The Balaban J connectivity index is 2.78. The zero-order valence-electron chi connectivity index (χ0n) is 11.4. The number of nitrogens with one attached hydrogen (secondary N) is 1. The molecule has 1 unspecified atom stereocenters. The summed E-state index contributed by atoms with van der Waals surface area (Å²) in [5.74, 6) is -0.0367. The fraction of sp³-hybridized carbons (Fsp3) is 0.385. The third-order valence-corrected chi connectivity index (χ3v) is 3.02. The van der Waals surface area contributed by atoms with Gasteiger partial charge in [0.2, 0.25) is 5.91 Å². The quantitative estimate of drug-likeness (QED) is 0.633. The zero-order valence-corrected chi connectivity index (χ0v) is 12.2. The SMILES string of the molecule is COC(=O)CNC(=O)C(Cl)c1ccc(OC)c(OC)c1. The van der Waals surface area contributed by atoms with Crippen LogP contribution < -0.4 is 14.8 Å². The van der Waals surface area contributed by atoms with Gasteiger partial charge in [-0.1, -0.05) is 6.07 Å². The summed E-state index contributed by atoms with van der Waals surface area (Å²) in [6.45, 7) is -0.230. The molecule has 1 rings (SSSR count). The fourth-order valence-electron chi connectivity index (χ4n) is 1.48. The number of hydrogen-bond acceptors (Lipinski definition) is 5. The Labute approximate surface area is 122 Å². The van der Waals surface area contributed by atoms with Crippen LogP contribution in [0.4, 0.5) is 0 Å². The lowest BCUT2D eigenvalue weighted by atomic mass is 10.1. The van der Waals surface area contributed by atoms with E-state index in [0.29, 0.717) is 17.1 Å². The maximum Gasteiger partial charge on any atom is 0.325 e. The van der Waals surface area contributed by atoms with Crippen molar-refractivity contribution in [2.24, 2.45) is 0 Å². The Kier molecular flexibility index (Phi) is 6.11. The molecule has 1 aromatic carbocycles. The van der Waals surface area contributed by atoms with E-state index in [0.717, 1.165) is 0 Å². The summed E-state index contributed by atoms with van der Waals surface area (Å²) in [6.07, 6.45) is 0. The Bertz CT molecular complexity index is 492. The van der Waals surface area contributed by atoms with Crippen molar-refractivity contribution in [1.29, 1.82) is 0 Å². The lowest BCUT2D eigenvalue weighted by molar-refractivity contribution is -0.141. The van der Waals surface area contributed by atoms with Gasteiger partial charge in [-0.25, -0.2) is 0 Å². The number of benzene rings is 1. The van der Waals surface area contributed by atoms with E-state index in [1.165, 1.54) is 21.3 Å². The lowest BCUT2D eigenvalue weighted by Gasteiger charge is -2.13. The molecule has 0 saturated heterocycles. The van der Waals surface area contributed by atoms with Gasteiger partial charge in [-0.05, 0) is 17.7 Å². The maximum absolute atomic E-state index is 11.8. The third-order valence-electron chi connectivity index (χ3n) is 2.57. The molecule has 7 heteroatoms. The van der Waals surface area contributed by atoms with Gasteiger partial charge in [-0.15, -0.1) is 11.6 Å². The monoisotopic (exact) mass is 301 g/mol. The van der Waals surface area contributed by atoms with Crippen molar-refractivity contribution in [2.75, 3.05) is 27.9 Å². The molecular formula is C13H16ClNO5. The third kappa shape index (κ3) is 4.03. The number of halogens is 1. The van der Waals surface area contributed by atoms with Crippen LogP contribution in [0.5, 0.6) is 11.5 Å². The van der Waals surface area contributed by atoms with Crippen LogP contribution >= 0.6 is 11.6 Å². The summed E-state index contributed by atoms with van der Waals surface area (Å²) in [4.78, 5) is 22.7. The largest absolute Gasteiger partial charge is 0.493 e. The van der Waals surface area contributed by atoms with Gasteiger partial charge in [0.15, 0.2) is 11.5 Å². The topological polar surface area (TPSA) is 73.9 Å². The minimum atomic E-state index is -0.945. The molecule has 20 heavy (non-hydrogen) atoms. The van der Waals surface area contributed by atoms with E-state index in [9.17, 15) is 9.59 Å². The smallest absolute Gasteiger partial charge is 0.325 e. The molecule has 1 N–H and O–H groups in total. The first-order chi connectivity index (χ1) is 9.53. The average Bonchev–Trinajstić information content (AvgIpc) is 2.50. The van der Waals surface area contributed by atoms with Crippen molar-refractivity contribution >= 4 is 23.5 Å². The molecule has 1 amide bonds. The maximum atomic E-state index is 11.8. The number of hydrogen-bond donors (Lipinski definition) is 1. The Morgan fingerprint density at radius 3 is 2.40 bits per heavy atom. The second-order valence-corrected chi connectivity index (χ2v) is 4.21. The number of methoxy groups -OCH3 is 3. The van der Waals surface area contributed by atoms with Crippen LogP contribution in [0.1, 0.15) is 10.9 Å². The molecule has 0 radical (unpaired) electrons. The Hall–Kier alpha value is -1.95. The van der Waals surface area contributed by atoms with Gasteiger partial charge in [-0.3, -0.25) is 9.59 Å². The average molecular weight is 302 g/mol. The van der Waals surface area contributed by atoms with Crippen molar-refractivity contribution in [1.82, 2.24) is 5.32 Å². The zero-order chi connectivity index (χ0) is 15.1. The summed E-state index contributed by atoms with van der Waals surface area (Å²) in [7, 11) is 4.24. The second kappa shape index (κ2) is 7.59. The molecule has 0 aliphatic rings. The van der Waals surface area contributed by atoms with Crippen molar-refractivity contribution < 1.29 is 23.8 Å². The predicted octanol–water partition coefficient (Wildman–Crippen LogP) is 1.27. The highest BCUT2D eigenvalue weighted by atomic mass is 35.5. The number of rotatable bonds is 6. The molecule has 0 spiro atoms. The van der Waals surface area contributed by atoms with Crippen LogP contribution in [0.2, 0.25) is 0 Å². The van der Waals surface area contributed by atoms with Crippen molar-refractivity contribution in [3.05, 3.63) is 23.8 Å². The minimum Gasteiger partial charge on any atom is -0.493 e. The number of carbonyl (C=O) groups excluding carboxylic acids is 2. The summed E-state index contributed by atoms with van der Waals surface area (Å²) >= 11 is 6.05. The number of alkyl halides is 1. The van der Waals surface area contributed by atoms with Crippen molar-refractivity contribution in [2.45, 2.75) is 5.38 Å². The fourth-order valence-corrected chi connectivity index (χ4v) is 1.70. The van der Waals surface area contributed by atoms with Gasteiger partial charge in [0.1, 0.15) is 11.9 Å². The van der Waals surface area contributed by atoms with E-state index < -0.39 is 17.3 Å². The molecule has 1 aromatic rings. The highest BCUT2D eigenvalue weighted by Gasteiger charge is 2.20. The summed E-state index contributed by atoms with van der Waals surface area (Å²) in [5, 5.41) is 1.44. The molecule has 0 aliphatic carbocycles. The molecule has 1 atom stereocenters. The van der Waals surface area contributed by atoms with E-state index in [4.69, 9.17) is 21.1 Å². The second-order valence-electron chi connectivity index (χ2n) is 3.77. The number of ether oxygens (including phenoxy) is 3. The van der Waals surface area contributed by atoms with Gasteiger partial charge in [0, 0.05) is 0 Å². The number of carbonyl (C=O) groups is 2. The van der Waals surface area contributed by atoms with Gasteiger partial charge in [0.25, 0.3) is 0 Å². The molecule has 6 nitrogen and oxygen atoms in total. The first-order valence-corrected chi connectivity index (χ1v) is 6.17. The Morgan fingerprint density at radius 1 is 1.20 bits per heavy atom. The van der Waals surface area contributed by atoms with Crippen LogP contribution in [0.25, 0.3) is 0 Å². The summed E-state index contributed by atoms with van der Waals surface area (Å²) in [5.41, 5.74) is 0.534. The number of esters is 1. The molecule has 0 aromatic heterocycles. The summed E-state index contributed by atoms with van der Waals surface area (Å²) in [6, 6.07) is 4.90. The first-order valence-electron chi connectivity index (χ1n) is 5.74. The molecular weight excluding hydrogens is 286 g/mol. The van der Waals surface area contributed by atoms with E-state index in [-0.39, 0.29) is 6.54 Å². The van der Waals surface area contributed by atoms with Crippen molar-refractivity contribution in [3.8, 4) is 11.5 Å². The van der Waals surface area contributed by atoms with Crippen molar-refractivity contribution in [3.63, 3.8) is 0 Å². The van der Waals surface area contributed by atoms with Gasteiger partial charge < -0.3 is 19.5 Å². The number of amides is 1. The normalized spacial score (nSPS) is 11.4. The molecule has 0 fully saturated rings. The Morgan fingerprint density at radius 2 is 1.85 bits per heavy atom. The lowest BCUT2D eigenvalue weighted by Crippen LogP contribution is -2.32. The van der Waals surface area contributed by atoms with Crippen LogP contribution in [0, 0.1) is 0 Å². The van der Waals surface area contributed by atoms with Crippen LogP contribution in [-0.4, -0.2) is 39.8 Å². The molecule has 0 aliphatic heterocycles. The van der Waals surface area contributed by atoms with Gasteiger partial charge >= 0.3 is 5.97 Å². The van der Waals surface area contributed by atoms with E-state index in [2.05, 4.69) is 10.1 Å². The minimum absolute atomic E-state index is 0.230. The van der Waals surface area contributed by atoms with Crippen LogP contribution in [0.15, 0.2) is 18.2 Å². The predicted molar refractivity (Wildman–Crippen MR) is 73.2 cm³/mol. The molecule has 0 saturated carbocycles. The van der Waals surface area contributed by atoms with E-state index in [1.807, 2.05) is 0 Å². The first kappa shape index (κ1) is 16.1. The standard InChI is InChI=1S/C13H16ClNO5/c1-18-9-5-4-8(6-10(9)19-2)12(14)13(17)15-7-11(16)20-3/h4-6,12H,7H2,1-3H3,(H,15,17). The molecule has 0 heterocycles. The van der Waals surface area contributed by atoms with Gasteiger partial charge in [0.05, 0.1) is 21.3 Å². The molecule has 110 valence electrons. The molecule has 0 bridgehead atoms. The van der Waals surface area contributed by atoms with Crippen LogP contribution in [0.3, 0.4) is 0 Å². The van der Waals surface area contributed by atoms with Crippen LogP contribution in [-0.2, 0) is 14.3 Å². The summed E-state index contributed by atoms with van der Waals surface area (Å²) < 4.78 is 14.6. The van der Waals surface area contributed by atoms with E-state index in [1.54, 1.807) is 18.2 Å². The van der Waals surface area contributed by atoms with Gasteiger partial charge in [-0.2, -0.15) is 0 Å². The highest BCUT2D eigenvalue weighted by molar-refractivity contribution is 6.30. The highest BCUT2D eigenvalue weighted by Crippen LogP contribution is 2.32.